The summed E-state index contributed by atoms with van der Waals surface area (Å²) < 4.78 is -0.347. The Morgan fingerprint density at radius 2 is 2.04 bits per heavy atom. The molecule has 0 aliphatic heterocycles. The lowest BCUT2D eigenvalue weighted by Crippen LogP contribution is -2.29. The van der Waals surface area contributed by atoms with Gasteiger partial charge in [0.05, 0.1) is 14.9 Å². The summed E-state index contributed by atoms with van der Waals surface area (Å²) in [5.74, 6) is -0.0258. The van der Waals surface area contributed by atoms with Gasteiger partial charge in [-0.1, -0.05) is 31.9 Å². The number of nitrogens with one attached hydrogen (secondary N) is 1. The van der Waals surface area contributed by atoms with Gasteiger partial charge in [0, 0.05) is 30.4 Å². The number of rotatable bonds is 6. The maximum absolute atomic E-state index is 12.1. The van der Waals surface area contributed by atoms with Gasteiger partial charge in [0.1, 0.15) is 5.75 Å². The van der Waals surface area contributed by atoms with Crippen LogP contribution in [-0.4, -0.2) is 33.6 Å². The summed E-state index contributed by atoms with van der Waals surface area (Å²) >= 11 is 6.90. The van der Waals surface area contributed by atoms with Crippen molar-refractivity contribution in [1.82, 2.24) is 5.43 Å². The first kappa shape index (κ1) is 18.3. The SMILES string of the molecule is CCN(CC)c1ccc(/C=N\NC(=O)[C@]2(C)CC2(Br)Br)c(O)c1. The van der Waals surface area contributed by atoms with Crippen LogP contribution in [0.25, 0.3) is 0 Å². The third kappa shape index (κ3) is 3.71. The number of phenols is 1. The maximum Gasteiger partial charge on any atom is 0.248 e. The zero-order valence-electron chi connectivity index (χ0n) is 13.4. The molecular weight excluding hydrogens is 426 g/mol. The highest BCUT2D eigenvalue weighted by Gasteiger charge is 2.66. The molecule has 1 amide bonds. The fourth-order valence-electron chi connectivity index (χ4n) is 2.36. The van der Waals surface area contributed by atoms with Crippen LogP contribution in [-0.2, 0) is 4.79 Å². The quantitative estimate of drug-likeness (QED) is 0.398. The predicted molar refractivity (Wildman–Crippen MR) is 101 cm³/mol. The van der Waals surface area contributed by atoms with Crippen LogP contribution in [0.15, 0.2) is 23.3 Å². The summed E-state index contributed by atoms with van der Waals surface area (Å²) in [7, 11) is 0. The monoisotopic (exact) mass is 445 g/mol. The van der Waals surface area contributed by atoms with Crippen molar-refractivity contribution >= 4 is 49.7 Å². The van der Waals surface area contributed by atoms with Crippen molar-refractivity contribution in [2.75, 3.05) is 18.0 Å². The fraction of sp³-hybridized carbons (Fsp3) is 0.500. The van der Waals surface area contributed by atoms with Gasteiger partial charge in [0.15, 0.2) is 0 Å². The number of hydrogen-bond acceptors (Lipinski definition) is 4. The molecule has 0 bridgehead atoms. The summed E-state index contributed by atoms with van der Waals surface area (Å²) in [6, 6.07) is 5.43. The first-order valence-corrected chi connectivity index (χ1v) is 9.13. The van der Waals surface area contributed by atoms with Crippen LogP contribution in [0.3, 0.4) is 0 Å². The Morgan fingerprint density at radius 1 is 1.43 bits per heavy atom. The molecule has 1 saturated carbocycles. The third-order valence-electron chi connectivity index (χ3n) is 4.27. The highest BCUT2D eigenvalue weighted by Crippen LogP contribution is 2.66. The second-order valence-electron chi connectivity index (χ2n) is 5.83. The van der Waals surface area contributed by atoms with Crippen LogP contribution < -0.4 is 10.3 Å². The number of carbonyl (C=O) groups excluding carboxylic acids is 1. The smallest absolute Gasteiger partial charge is 0.248 e. The van der Waals surface area contributed by atoms with E-state index >= 15 is 0 Å². The highest BCUT2D eigenvalue weighted by atomic mass is 79.9. The zero-order chi connectivity index (χ0) is 17.3. The van der Waals surface area contributed by atoms with Crippen LogP contribution in [0.5, 0.6) is 5.75 Å². The number of carbonyl (C=O) groups is 1. The van der Waals surface area contributed by atoms with E-state index in [1.54, 1.807) is 12.1 Å². The summed E-state index contributed by atoms with van der Waals surface area (Å²) in [4.78, 5) is 14.2. The minimum atomic E-state index is -0.515. The standard InChI is InChI=1S/C16H21Br2N3O2/c1-4-21(5-2)12-7-6-11(13(22)8-12)9-19-20-14(23)15(3)10-16(15,17)18/h6-9,22H,4-5,10H2,1-3H3,(H,20,23)/b19-9-/t15-/m0/s1. The van der Waals surface area contributed by atoms with Gasteiger partial charge in [-0.3, -0.25) is 4.79 Å². The Bertz CT molecular complexity index is 630. The number of amides is 1. The number of benzene rings is 1. The van der Waals surface area contributed by atoms with E-state index in [9.17, 15) is 9.90 Å². The number of alkyl halides is 2. The number of phenolic OH excluding ortho intramolecular Hbond substituents is 1. The van der Waals surface area contributed by atoms with Gasteiger partial charge in [-0.15, -0.1) is 0 Å². The molecule has 1 aromatic carbocycles. The first-order chi connectivity index (χ1) is 10.7. The van der Waals surface area contributed by atoms with E-state index in [0.29, 0.717) is 12.0 Å². The van der Waals surface area contributed by atoms with Gasteiger partial charge in [0.2, 0.25) is 5.91 Å². The number of nitrogens with zero attached hydrogens (tertiary/aromatic N) is 2. The normalized spacial score (nSPS) is 22.1. The van der Waals surface area contributed by atoms with E-state index in [-0.39, 0.29) is 14.9 Å². The Balaban J connectivity index is 2.02. The molecule has 1 aliphatic carbocycles. The Kier molecular flexibility index (Phi) is 5.41. The molecule has 0 radical (unpaired) electrons. The molecular formula is C16H21Br2N3O2. The number of hydrogen-bond donors (Lipinski definition) is 2. The van der Waals surface area contributed by atoms with E-state index in [0.717, 1.165) is 18.8 Å². The van der Waals surface area contributed by atoms with Crippen LogP contribution in [0, 0.1) is 5.41 Å². The average Bonchev–Trinajstić information content (AvgIpc) is 3.02. The van der Waals surface area contributed by atoms with Crippen molar-refractivity contribution in [2.45, 2.75) is 30.4 Å². The van der Waals surface area contributed by atoms with E-state index in [1.165, 1.54) is 6.21 Å². The van der Waals surface area contributed by atoms with E-state index < -0.39 is 5.41 Å². The molecule has 0 unspecified atom stereocenters. The molecule has 126 valence electrons. The summed E-state index contributed by atoms with van der Waals surface area (Å²) in [6.07, 6.45) is 2.15. The van der Waals surface area contributed by atoms with E-state index in [4.69, 9.17) is 0 Å². The fourth-order valence-corrected chi connectivity index (χ4v) is 3.84. The molecule has 1 aliphatic rings. The second-order valence-corrected chi connectivity index (χ2v) is 9.60. The van der Waals surface area contributed by atoms with Crippen molar-refractivity contribution in [3.8, 4) is 5.75 Å². The number of aromatic hydroxyl groups is 1. The number of hydrazone groups is 1. The number of anilines is 1. The summed E-state index contributed by atoms with van der Waals surface area (Å²) in [5, 5.41) is 14.1. The molecule has 23 heavy (non-hydrogen) atoms. The third-order valence-corrected chi connectivity index (χ3v) is 6.58. The lowest BCUT2D eigenvalue weighted by atomic mass is 10.1. The minimum Gasteiger partial charge on any atom is -0.507 e. The van der Waals surface area contributed by atoms with Crippen molar-refractivity contribution in [3.05, 3.63) is 23.8 Å². The minimum absolute atomic E-state index is 0.139. The van der Waals surface area contributed by atoms with Crippen LogP contribution in [0.1, 0.15) is 32.8 Å². The Labute approximate surface area is 153 Å². The lowest BCUT2D eigenvalue weighted by molar-refractivity contribution is -0.125. The van der Waals surface area contributed by atoms with Crippen molar-refractivity contribution in [3.63, 3.8) is 0 Å². The van der Waals surface area contributed by atoms with Crippen molar-refractivity contribution in [1.29, 1.82) is 0 Å². The van der Waals surface area contributed by atoms with Gasteiger partial charge in [-0.05, 0) is 39.3 Å². The molecule has 2 N–H and O–H groups in total. The predicted octanol–water partition coefficient (Wildman–Crippen LogP) is 3.58. The molecule has 7 heteroatoms. The number of halogens is 2. The summed E-state index contributed by atoms with van der Waals surface area (Å²) in [5.41, 5.74) is 3.53. The van der Waals surface area contributed by atoms with Gasteiger partial charge < -0.3 is 10.0 Å². The van der Waals surface area contributed by atoms with Crippen LogP contribution >= 0.6 is 31.9 Å². The summed E-state index contributed by atoms with van der Waals surface area (Å²) in [6.45, 7) is 7.74. The molecule has 0 spiro atoms. The molecule has 0 heterocycles. The van der Waals surface area contributed by atoms with Gasteiger partial charge in [-0.2, -0.15) is 5.10 Å². The van der Waals surface area contributed by atoms with E-state index in [2.05, 4.69) is 61.1 Å². The van der Waals surface area contributed by atoms with Gasteiger partial charge in [-0.25, -0.2) is 5.43 Å². The average molecular weight is 447 g/mol. The molecule has 1 fully saturated rings. The molecule has 1 aromatic rings. The lowest BCUT2D eigenvalue weighted by Gasteiger charge is -2.21. The molecule has 5 nitrogen and oxygen atoms in total. The second kappa shape index (κ2) is 6.81. The molecule has 0 aromatic heterocycles. The maximum atomic E-state index is 12.1. The molecule has 2 rings (SSSR count). The highest BCUT2D eigenvalue weighted by molar-refractivity contribution is 9.25. The Morgan fingerprint density at radius 3 is 2.52 bits per heavy atom. The largest absolute Gasteiger partial charge is 0.507 e. The van der Waals surface area contributed by atoms with Crippen LogP contribution in [0.2, 0.25) is 0 Å². The topological polar surface area (TPSA) is 64.9 Å². The van der Waals surface area contributed by atoms with Gasteiger partial charge in [0.25, 0.3) is 0 Å². The zero-order valence-corrected chi connectivity index (χ0v) is 16.6. The van der Waals surface area contributed by atoms with Crippen molar-refractivity contribution in [2.24, 2.45) is 10.5 Å². The molecule has 1 atom stereocenters. The first-order valence-electron chi connectivity index (χ1n) is 7.54. The van der Waals surface area contributed by atoms with E-state index in [1.807, 2.05) is 13.0 Å². The van der Waals surface area contributed by atoms with Gasteiger partial charge >= 0.3 is 0 Å². The Hall–Kier alpha value is -1.08. The molecule has 0 saturated heterocycles. The van der Waals surface area contributed by atoms with Crippen LogP contribution in [0.4, 0.5) is 5.69 Å². The van der Waals surface area contributed by atoms with Crippen molar-refractivity contribution < 1.29 is 9.90 Å².